The number of hydrogen-bond donors (Lipinski definition) is 8. The highest BCUT2D eigenvalue weighted by Gasteiger charge is 2.52. The summed E-state index contributed by atoms with van der Waals surface area (Å²) in [6, 6.07) is 0. The van der Waals surface area contributed by atoms with E-state index in [9.17, 15) is 50.1 Å². The van der Waals surface area contributed by atoms with Crippen molar-refractivity contribution in [3.63, 3.8) is 0 Å². The Balaban J connectivity index is 1.90. The van der Waals surface area contributed by atoms with Gasteiger partial charge in [-0.25, -0.2) is 0 Å². The quantitative estimate of drug-likeness (QED) is 0.0409. The van der Waals surface area contributed by atoms with E-state index in [1.807, 2.05) is 6.92 Å². The molecule has 0 aromatic rings. The maximum atomic E-state index is 12.7. The Bertz CT molecular complexity index is 1050. The van der Waals surface area contributed by atoms with Gasteiger partial charge in [0.1, 0.15) is 49.3 Å². The van der Waals surface area contributed by atoms with E-state index in [0.717, 1.165) is 84.0 Å². The molecule has 0 aliphatic carbocycles. The van der Waals surface area contributed by atoms with Crippen LogP contribution in [0.4, 0.5) is 0 Å². The van der Waals surface area contributed by atoms with Gasteiger partial charge in [-0.15, -0.1) is 0 Å². The standard InChI is InChI=1S/C37H66O17/c1-3-4-16-24(40)19-29(44)53-35-31(46)30(45)26(20-38)51-37(35)54-34-27(22-49-23(2)39)52-36(33(48)32(34)47)50-21-25(41)17-14-12-10-8-6-5-7-9-11-13-15-18-28(42)43/h24-27,30-38,40-41,45-48H,3-22H2,1-2H3,(H,42,43). The van der Waals surface area contributed by atoms with Crippen molar-refractivity contribution in [3.05, 3.63) is 0 Å². The number of carboxylic acid groups (broad SMARTS) is 1. The molecule has 2 aliphatic heterocycles. The van der Waals surface area contributed by atoms with Crippen LogP contribution < -0.4 is 0 Å². The number of hydrogen-bond acceptors (Lipinski definition) is 16. The summed E-state index contributed by atoms with van der Waals surface area (Å²) < 4.78 is 33.5. The number of carbonyl (C=O) groups excluding carboxylic acids is 2. The van der Waals surface area contributed by atoms with Gasteiger partial charge in [0, 0.05) is 13.3 Å². The predicted octanol–water partition coefficient (Wildman–Crippen LogP) is 1.21. The molecule has 17 nitrogen and oxygen atoms in total. The van der Waals surface area contributed by atoms with Crippen LogP contribution >= 0.6 is 0 Å². The van der Waals surface area contributed by atoms with Crippen LogP contribution in [0.3, 0.4) is 0 Å². The second kappa shape index (κ2) is 26.8. The molecule has 2 rings (SSSR count). The lowest BCUT2D eigenvalue weighted by Crippen LogP contribution is -2.65. The third kappa shape index (κ3) is 17.8. The van der Waals surface area contributed by atoms with Gasteiger partial charge in [-0.1, -0.05) is 84.0 Å². The first-order valence-electron chi connectivity index (χ1n) is 19.6. The fraction of sp³-hybridized carbons (Fsp3) is 0.919. The highest BCUT2D eigenvalue weighted by molar-refractivity contribution is 5.70. The fourth-order valence-electron chi connectivity index (χ4n) is 6.46. The van der Waals surface area contributed by atoms with Crippen LogP contribution in [-0.2, 0) is 42.8 Å². The van der Waals surface area contributed by atoms with Crippen LogP contribution in [0.1, 0.15) is 123 Å². The highest BCUT2D eigenvalue weighted by Crippen LogP contribution is 2.31. The number of carbonyl (C=O) groups is 3. The summed E-state index contributed by atoms with van der Waals surface area (Å²) in [6.07, 6.45) is -5.15. The summed E-state index contributed by atoms with van der Waals surface area (Å²) in [6.45, 7) is 1.57. The molecule has 0 spiro atoms. The van der Waals surface area contributed by atoms with E-state index < -0.39 is 111 Å². The summed E-state index contributed by atoms with van der Waals surface area (Å²) in [4.78, 5) is 34.9. The molecule has 0 saturated carbocycles. The lowest BCUT2D eigenvalue weighted by atomic mass is 9.96. The van der Waals surface area contributed by atoms with Crippen LogP contribution in [0.15, 0.2) is 0 Å². The molecule has 2 aliphatic rings. The summed E-state index contributed by atoms with van der Waals surface area (Å²) in [5.74, 6) is -2.38. The van der Waals surface area contributed by atoms with Crippen molar-refractivity contribution in [3.8, 4) is 0 Å². The van der Waals surface area contributed by atoms with Crippen molar-refractivity contribution >= 4 is 17.9 Å². The minimum absolute atomic E-state index is 0.231. The van der Waals surface area contributed by atoms with Crippen LogP contribution in [0.5, 0.6) is 0 Å². The van der Waals surface area contributed by atoms with Crippen molar-refractivity contribution in [2.75, 3.05) is 19.8 Å². The first kappa shape index (κ1) is 48.1. The number of rotatable bonds is 28. The second-order valence-electron chi connectivity index (χ2n) is 14.4. The van der Waals surface area contributed by atoms with E-state index in [-0.39, 0.29) is 13.0 Å². The lowest BCUT2D eigenvalue weighted by molar-refractivity contribution is -0.361. The van der Waals surface area contributed by atoms with E-state index >= 15 is 0 Å². The van der Waals surface area contributed by atoms with Crippen molar-refractivity contribution in [1.82, 2.24) is 0 Å². The Morgan fingerprint density at radius 2 is 1.24 bits per heavy atom. The number of aliphatic hydroxyl groups is 7. The first-order chi connectivity index (χ1) is 25.8. The molecular formula is C37H66O17. The third-order valence-electron chi connectivity index (χ3n) is 9.65. The average molecular weight is 783 g/mol. The van der Waals surface area contributed by atoms with E-state index in [2.05, 4.69) is 0 Å². The monoisotopic (exact) mass is 782 g/mol. The fourth-order valence-corrected chi connectivity index (χ4v) is 6.46. The van der Waals surface area contributed by atoms with Gasteiger partial charge in [0.2, 0.25) is 0 Å². The summed E-state index contributed by atoms with van der Waals surface area (Å²) in [7, 11) is 0. The Hall–Kier alpha value is -2.03. The van der Waals surface area contributed by atoms with E-state index in [1.54, 1.807) is 0 Å². The topological polar surface area (TPSA) is 268 Å². The van der Waals surface area contributed by atoms with Crippen LogP contribution in [0.2, 0.25) is 0 Å². The van der Waals surface area contributed by atoms with Gasteiger partial charge in [0.05, 0.1) is 31.8 Å². The van der Waals surface area contributed by atoms with Gasteiger partial charge >= 0.3 is 17.9 Å². The smallest absolute Gasteiger partial charge is 0.308 e. The van der Waals surface area contributed by atoms with Crippen molar-refractivity contribution in [1.29, 1.82) is 0 Å². The molecule has 54 heavy (non-hydrogen) atoms. The lowest BCUT2D eigenvalue weighted by Gasteiger charge is -2.46. The number of carboxylic acids is 1. The zero-order valence-corrected chi connectivity index (χ0v) is 31.8. The molecule has 2 heterocycles. The Morgan fingerprint density at radius 3 is 1.81 bits per heavy atom. The van der Waals surface area contributed by atoms with Crippen molar-refractivity contribution < 1.29 is 83.7 Å². The van der Waals surface area contributed by atoms with Crippen molar-refractivity contribution in [2.24, 2.45) is 0 Å². The summed E-state index contributed by atoms with van der Waals surface area (Å²) in [5.41, 5.74) is 0. The Labute approximate surface area is 317 Å². The number of esters is 2. The van der Waals surface area contributed by atoms with Gasteiger partial charge in [-0.3, -0.25) is 14.4 Å². The maximum Gasteiger partial charge on any atom is 0.308 e. The summed E-state index contributed by atoms with van der Waals surface area (Å²) in [5, 5.41) is 82.6. The van der Waals surface area contributed by atoms with Gasteiger partial charge in [-0.2, -0.15) is 0 Å². The molecule has 8 N–H and O–H groups in total. The van der Waals surface area contributed by atoms with E-state index in [4.69, 9.17) is 33.5 Å². The Kier molecular flexibility index (Phi) is 23.8. The predicted molar refractivity (Wildman–Crippen MR) is 190 cm³/mol. The minimum atomic E-state index is -1.83. The molecule has 12 atom stereocenters. The third-order valence-corrected chi connectivity index (χ3v) is 9.65. The number of ether oxygens (including phenoxy) is 6. The van der Waals surface area contributed by atoms with E-state index in [0.29, 0.717) is 19.3 Å². The molecule has 0 amide bonds. The Morgan fingerprint density at radius 1 is 0.685 bits per heavy atom. The molecule has 0 radical (unpaired) electrons. The van der Waals surface area contributed by atoms with Gasteiger partial charge < -0.3 is 69.3 Å². The molecular weight excluding hydrogens is 716 g/mol. The normalized spacial score (nSPS) is 29.7. The first-order valence-corrected chi connectivity index (χ1v) is 19.6. The molecule has 2 saturated heterocycles. The van der Waals surface area contributed by atoms with Crippen LogP contribution in [-0.4, -0.2) is 152 Å². The second-order valence-corrected chi connectivity index (χ2v) is 14.4. The number of aliphatic hydroxyl groups excluding tert-OH is 7. The molecule has 2 fully saturated rings. The van der Waals surface area contributed by atoms with Gasteiger partial charge in [0.25, 0.3) is 0 Å². The van der Waals surface area contributed by atoms with Crippen LogP contribution in [0, 0.1) is 0 Å². The molecule has 316 valence electrons. The maximum absolute atomic E-state index is 12.7. The molecule has 0 aromatic heterocycles. The summed E-state index contributed by atoms with van der Waals surface area (Å²) >= 11 is 0. The van der Waals surface area contributed by atoms with Crippen LogP contribution in [0.25, 0.3) is 0 Å². The number of aliphatic carboxylic acids is 1. The zero-order valence-electron chi connectivity index (χ0n) is 31.8. The molecule has 0 bridgehead atoms. The van der Waals surface area contributed by atoms with Gasteiger partial charge in [0.15, 0.2) is 18.7 Å². The largest absolute Gasteiger partial charge is 0.481 e. The zero-order chi connectivity index (χ0) is 40.0. The minimum Gasteiger partial charge on any atom is -0.481 e. The van der Waals surface area contributed by atoms with Gasteiger partial charge in [-0.05, 0) is 19.3 Å². The molecule has 12 unspecified atom stereocenters. The molecule has 0 aromatic carbocycles. The molecule has 17 heteroatoms. The van der Waals surface area contributed by atoms with Crippen molar-refractivity contribution in [2.45, 2.75) is 197 Å². The SMILES string of the molecule is CCCCC(O)CC(=O)OC1C(OC2C(COC(C)=O)OC(OCC(O)CCCCCCCCCCCCCC(=O)O)C(O)C2O)OC(CO)C(O)C1O. The average Bonchev–Trinajstić information content (AvgIpc) is 3.12. The number of unbranched alkanes of at least 4 members (excludes halogenated alkanes) is 11. The van der Waals surface area contributed by atoms with E-state index in [1.165, 1.54) is 0 Å². The highest BCUT2D eigenvalue weighted by atomic mass is 16.8.